The molecule has 0 saturated carbocycles. The summed E-state index contributed by atoms with van der Waals surface area (Å²) in [5.41, 5.74) is 6.20. The van der Waals surface area contributed by atoms with Crippen LogP contribution in [-0.2, 0) is 9.53 Å². The maximum atomic E-state index is 11.6. The summed E-state index contributed by atoms with van der Waals surface area (Å²) in [6.45, 7) is 6.10. The first-order chi connectivity index (χ1) is 12.0. The quantitative estimate of drug-likeness (QED) is 0.613. The third-order valence-electron chi connectivity index (χ3n) is 4.01. The van der Waals surface area contributed by atoms with Crippen LogP contribution in [0.4, 0.5) is 0 Å². The summed E-state index contributed by atoms with van der Waals surface area (Å²) in [7, 11) is 0. The van der Waals surface area contributed by atoms with Gasteiger partial charge in [0.1, 0.15) is 0 Å². The molecule has 130 valence electrons. The highest BCUT2D eigenvalue weighted by Gasteiger charge is 2.04. The molecule has 0 saturated heterocycles. The molecule has 0 spiro atoms. The Morgan fingerprint density at radius 2 is 1.72 bits per heavy atom. The number of ether oxygens (including phenoxy) is 1. The molecule has 0 radical (unpaired) electrons. The molecular weight excluding hydrogens is 312 g/mol. The van der Waals surface area contributed by atoms with Gasteiger partial charge in [-0.2, -0.15) is 0 Å². The summed E-state index contributed by atoms with van der Waals surface area (Å²) in [6, 6.07) is 16.3. The molecule has 2 rings (SSSR count). The summed E-state index contributed by atoms with van der Waals surface area (Å²) < 4.78 is 4.97. The third kappa shape index (κ3) is 5.16. The maximum Gasteiger partial charge on any atom is 0.331 e. The van der Waals surface area contributed by atoms with Crippen LogP contribution >= 0.6 is 0 Å². The van der Waals surface area contributed by atoms with Gasteiger partial charge >= 0.3 is 5.97 Å². The van der Waals surface area contributed by atoms with E-state index in [2.05, 4.69) is 18.2 Å². The van der Waals surface area contributed by atoms with Crippen molar-refractivity contribution in [1.29, 1.82) is 0 Å². The largest absolute Gasteiger partial charge is 0.463 e. The fraction of sp³-hybridized carbons (Fsp3) is 0.227. The van der Waals surface area contributed by atoms with E-state index in [0.29, 0.717) is 6.61 Å². The highest BCUT2D eigenvalue weighted by Crippen LogP contribution is 2.25. The van der Waals surface area contributed by atoms with E-state index in [4.69, 9.17) is 9.84 Å². The number of benzene rings is 2. The van der Waals surface area contributed by atoms with Crippen molar-refractivity contribution >= 4 is 17.1 Å². The van der Waals surface area contributed by atoms with E-state index < -0.39 is 0 Å². The van der Waals surface area contributed by atoms with E-state index in [1.165, 1.54) is 6.08 Å². The van der Waals surface area contributed by atoms with E-state index in [9.17, 15) is 4.79 Å². The minimum absolute atomic E-state index is 0.0434. The number of hydrogen-bond acceptors (Lipinski definition) is 3. The topological polar surface area (TPSA) is 46.5 Å². The van der Waals surface area contributed by atoms with Gasteiger partial charge < -0.3 is 9.84 Å². The standard InChI is InChI=1S/C22H24O3/c1-4-25-22(24)14-17(3)20-6-5-7-21(15-20)19-10-8-18(9-11-19)16(2)12-13-23/h5-12,14-15,23H,4,13H2,1-3H3. The SMILES string of the molecule is CCOC(=O)C=C(C)c1cccc(-c2ccc(C(C)=CCO)cc2)c1. The van der Waals surface area contributed by atoms with Gasteiger partial charge in [-0.1, -0.05) is 48.5 Å². The van der Waals surface area contributed by atoms with Crippen molar-refractivity contribution in [3.63, 3.8) is 0 Å². The summed E-state index contributed by atoms with van der Waals surface area (Å²) >= 11 is 0. The molecule has 0 heterocycles. The zero-order chi connectivity index (χ0) is 18.2. The molecule has 0 amide bonds. The van der Waals surface area contributed by atoms with Crippen LogP contribution < -0.4 is 0 Å². The van der Waals surface area contributed by atoms with Gasteiger partial charge in [0, 0.05) is 6.08 Å². The Morgan fingerprint density at radius 1 is 1.00 bits per heavy atom. The highest BCUT2D eigenvalue weighted by molar-refractivity contribution is 5.91. The molecule has 3 nitrogen and oxygen atoms in total. The Morgan fingerprint density at radius 3 is 2.36 bits per heavy atom. The molecule has 0 bridgehead atoms. The second-order valence-electron chi connectivity index (χ2n) is 5.81. The lowest BCUT2D eigenvalue weighted by atomic mass is 9.97. The van der Waals surface area contributed by atoms with E-state index >= 15 is 0 Å². The van der Waals surface area contributed by atoms with E-state index in [1.807, 2.05) is 44.2 Å². The molecule has 0 aliphatic rings. The molecular formula is C22H24O3. The molecule has 0 aromatic heterocycles. The predicted molar refractivity (Wildman–Crippen MR) is 103 cm³/mol. The molecule has 3 heteroatoms. The minimum atomic E-state index is -0.319. The van der Waals surface area contributed by atoms with Gasteiger partial charge in [0.15, 0.2) is 0 Å². The maximum absolute atomic E-state index is 11.6. The summed E-state index contributed by atoms with van der Waals surface area (Å²) in [4.78, 5) is 11.6. The summed E-state index contributed by atoms with van der Waals surface area (Å²) in [5, 5.41) is 8.99. The van der Waals surface area contributed by atoms with Crippen LogP contribution in [0.2, 0.25) is 0 Å². The average molecular weight is 336 g/mol. The molecule has 0 unspecified atom stereocenters. The Bertz CT molecular complexity index is 783. The van der Waals surface area contributed by atoms with Crippen LogP contribution in [0, 0.1) is 0 Å². The van der Waals surface area contributed by atoms with Gasteiger partial charge in [-0.25, -0.2) is 4.79 Å². The molecule has 0 fully saturated rings. The van der Waals surface area contributed by atoms with Gasteiger partial charge in [-0.15, -0.1) is 0 Å². The van der Waals surface area contributed by atoms with Crippen LogP contribution in [0.5, 0.6) is 0 Å². The van der Waals surface area contributed by atoms with Crippen molar-refractivity contribution in [3.8, 4) is 11.1 Å². The normalized spacial score (nSPS) is 12.2. The van der Waals surface area contributed by atoms with Crippen LogP contribution in [0.3, 0.4) is 0 Å². The Kier molecular flexibility index (Phi) is 6.72. The molecule has 1 N–H and O–H groups in total. The lowest BCUT2D eigenvalue weighted by Crippen LogP contribution is -2.00. The number of rotatable bonds is 6. The van der Waals surface area contributed by atoms with Crippen molar-refractivity contribution in [2.75, 3.05) is 13.2 Å². The third-order valence-corrected chi connectivity index (χ3v) is 4.01. The van der Waals surface area contributed by atoms with Gasteiger partial charge in [-0.05, 0) is 60.2 Å². The lowest BCUT2D eigenvalue weighted by Gasteiger charge is -2.08. The number of carbonyl (C=O) groups is 1. The van der Waals surface area contributed by atoms with Crippen LogP contribution in [0.15, 0.2) is 60.7 Å². The van der Waals surface area contributed by atoms with E-state index in [-0.39, 0.29) is 12.6 Å². The number of carbonyl (C=O) groups excluding carboxylic acids is 1. The number of aliphatic hydroxyl groups is 1. The Hall–Kier alpha value is -2.65. The minimum Gasteiger partial charge on any atom is -0.463 e. The number of aliphatic hydroxyl groups excluding tert-OH is 1. The van der Waals surface area contributed by atoms with Crippen molar-refractivity contribution < 1.29 is 14.6 Å². The van der Waals surface area contributed by atoms with E-state index in [1.54, 1.807) is 13.0 Å². The smallest absolute Gasteiger partial charge is 0.331 e. The number of esters is 1. The molecule has 2 aromatic rings. The molecule has 25 heavy (non-hydrogen) atoms. The van der Waals surface area contributed by atoms with Crippen molar-refractivity contribution in [2.45, 2.75) is 20.8 Å². The number of hydrogen-bond donors (Lipinski definition) is 1. The first-order valence-corrected chi connectivity index (χ1v) is 8.39. The molecule has 0 aliphatic carbocycles. The monoisotopic (exact) mass is 336 g/mol. The Labute approximate surface area is 149 Å². The number of allylic oxidation sites excluding steroid dienone is 2. The first-order valence-electron chi connectivity index (χ1n) is 8.39. The zero-order valence-corrected chi connectivity index (χ0v) is 15.0. The second kappa shape index (κ2) is 9.00. The summed E-state index contributed by atoms with van der Waals surface area (Å²) in [6.07, 6.45) is 3.31. The van der Waals surface area contributed by atoms with Crippen molar-refractivity contribution in [1.82, 2.24) is 0 Å². The molecule has 0 aliphatic heterocycles. The predicted octanol–water partition coefficient (Wildman–Crippen LogP) is 4.72. The van der Waals surface area contributed by atoms with Crippen molar-refractivity contribution in [3.05, 3.63) is 71.8 Å². The van der Waals surface area contributed by atoms with Gasteiger partial charge in [0.25, 0.3) is 0 Å². The molecule has 2 aromatic carbocycles. The average Bonchev–Trinajstić information content (AvgIpc) is 2.62. The van der Waals surface area contributed by atoms with Gasteiger partial charge in [0.05, 0.1) is 13.2 Å². The van der Waals surface area contributed by atoms with Crippen LogP contribution in [0.1, 0.15) is 31.9 Å². The van der Waals surface area contributed by atoms with Gasteiger partial charge in [0.2, 0.25) is 0 Å². The fourth-order valence-electron chi connectivity index (χ4n) is 2.57. The first kappa shape index (κ1) is 18.7. The van der Waals surface area contributed by atoms with Crippen molar-refractivity contribution in [2.24, 2.45) is 0 Å². The second-order valence-corrected chi connectivity index (χ2v) is 5.81. The van der Waals surface area contributed by atoms with Gasteiger partial charge in [-0.3, -0.25) is 0 Å². The zero-order valence-electron chi connectivity index (χ0n) is 15.0. The van der Waals surface area contributed by atoms with E-state index in [0.717, 1.165) is 33.4 Å². The Balaban J connectivity index is 2.27. The van der Waals surface area contributed by atoms with Crippen LogP contribution in [-0.4, -0.2) is 24.3 Å². The fourth-order valence-corrected chi connectivity index (χ4v) is 2.57. The summed E-state index contributed by atoms with van der Waals surface area (Å²) in [5.74, 6) is -0.319. The molecule has 0 atom stereocenters. The highest BCUT2D eigenvalue weighted by atomic mass is 16.5. The lowest BCUT2D eigenvalue weighted by molar-refractivity contribution is -0.137. The van der Waals surface area contributed by atoms with Crippen LogP contribution in [0.25, 0.3) is 22.3 Å².